The number of carbonyl (C=O) groups excluding carboxylic acids is 1. The van der Waals surface area contributed by atoms with Gasteiger partial charge in [0, 0.05) is 35.7 Å². The number of amides is 1. The maximum Gasteiger partial charge on any atom is 0.339 e. The number of halogens is 1. The summed E-state index contributed by atoms with van der Waals surface area (Å²) >= 11 is 0. The van der Waals surface area contributed by atoms with Gasteiger partial charge < -0.3 is 24.9 Å². The van der Waals surface area contributed by atoms with E-state index < -0.39 is 5.63 Å². The third-order valence-electron chi connectivity index (χ3n) is 4.62. The van der Waals surface area contributed by atoms with E-state index in [1.807, 2.05) is 19.1 Å². The highest BCUT2D eigenvalue weighted by molar-refractivity contribution is 5.91. The van der Waals surface area contributed by atoms with E-state index >= 15 is 0 Å². The van der Waals surface area contributed by atoms with E-state index in [1.54, 1.807) is 37.4 Å². The number of hydrogen-bond donors (Lipinski definition) is 2. The second-order valence-corrected chi connectivity index (χ2v) is 6.56. The molecule has 0 aliphatic rings. The summed E-state index contributed by atoms with van der Waals surface area (Å²) in [7, 11) is 1.56. The second kappa shape index (κ2) is 10.7. The summed E-state index contributed by atoms with van der Waals surface area (Å²) in [5.41, 5.74) is 7.41. The van der Waals surface area contributed by atoms with Gasteiger partial charge in [-0.05, 0) is 55.3 Å². The molecule has 0 radical (unpaired) electrons. The molecule has 3 N–H and O–H groups in total. The molecule has 7 nitrogen and oxygen atoms in total. The van der Waals surface area contributed by atoms with Gasteiger partial charge in [0.05, 0.1) is 7.11 Å². The summed E-state index contributed by atoms with van der Waals surface area (Å²) < 4.78 is 16.0. The van der Waals surface area contributed by atoms with Gasteiger partial charge in [-0.2, -0.15) is 0 Å². The number of carbonyl (C=O) groups is 1. The van der Waals surface area contributed by atoms with Crippen molar-refractivity contribution < 1.29 is 18.7 Å². The maximum atomic E-state index is 12.4. The molecule has 0 aliphatic heterocycles. The highest BCUT2D eigenvalue weighted by Gasteiger charge is 2.14. The van der Waals surface area contributed by atoms with Crippen molar-refractivity contribution in [2.24, 2.45) is 5.73 Å². The standard InChI is InChI=1S/C22H24N2O5.ClH/c1-14-18-8-7-17(27-2)13-20(18)29-22(26)19(14)9-10-21(25)24-15-3-5-16(6-4-15)28-12-11-23;/h3-8,13H,9-12,23H2,1-2H3,(H,24,25);1H. The summed E-state index contributed by atoms with van der Waals surface area (Å²) in [6.45, 7) is 2.74. The molecule has 0 saturated carbocycles. The van der Waals surface area contributed by atoms with Gasteiger partial charge in [-0.15, -0.1) is 12.4 Å². The van der Waals surface area contributed by atoms with Gasteiger partial charge in [-0.3, -0.25) is 4.79 Å². The number of methoxy groups -OCH3 is 1. The van der Waals surface area contributed by atoms with E-state index in [0.29, 0.717) is 47.9 Å². The van der Waals surface area contributed by atoms with Crippen LogP contribution in [0.5, 0.6) is 11.5 Å². The molecule has 0 saturated heterocycles. The molecule has 160 valence electrons. The number of anilines is 1. The first-order valence-corrected chi connectivity index (χ1v) is 9.35. The topological polar surface area (TPSA) is 104 Å². The largest absolute Gasteiger partial charge is 0.497 e. The fourth-order valence-electron chi connectivity index (χ4n) is 3.06. The number of fused-ring (bicyclic) bond motifs is 1. The fraction of sp³-hybridized carbons (Fsp3) is 0.273. The molecule has 30 heavy (non-hydrogen) atoms. The third-order valence-corrected chi connectivity index (χ3v) is 4.62. The fourth-order valence-corrected chi connectivity index (χ4v) is 3.06. The van der Waals surface area contributed by atoms with Gasteiger partial charge in [0.15, 0.2) is 0 Å². The Morgan fingerprint density at radius 1 is 1.13 bits per heavy atom. The SMILES string of the molecule is COc1ccc2c(C)c(CCC(=O)Nc3ccc(OCCN)cc3)c(=O)oc2c1.Cl. The number of rotatable bonds is 8. The van der Waals surface area contributed by atoms with Crippen molar-refractivity contribution in [1.29, 1.82) is 0 Å². The van der Waals surface area contributed by atoms with E-state index in [1.165, 1.54) is 0 Å². The Bertz CT molecular complexity index is 1060. The monoisotopic (exact) mass is 432 g/mol. The number of benzene rings is 2. The summed E-state index contributed by atoms with van der Waals surface area (Å²) in [6.07, 6.45) is 0.457. The summed E-state index contributed by atoms with van der Waals surface area (Å²) in [6, 6.07) is 12.4. The molecule has 8 heteroatoms. The average Bonchev–Trinajstić information content (AvgIpc) is 2.72. The lowest BCUT2D eigenvalue weighted by Crippen LogP contribution is -2.16. The van der Waals surface area contributed by atoms with Crippen LogP contribution in [0.2, 0.25) is 0 Å². The predicted octanol–water partition coefficient (Wildman–Crippen LogP) is 3.44. The van der Waals surface area contributed by atoms with Crippen molar-refractivity contribution in [3.8, 4) is 11.5 Å². The van der Waals surface area contributed by atoms with Crippen molar-refractivity contribution in [2.45, 2.75) is 19.8 Å². The third kappa shape index (κ3) is 5.52. The molecule has 0 bridgehead atoms. The normalized spacial score (nSPS) is 10.4. The minimum absolute atomic E-state index is 0. The smallest absolute Gasteiger partial charge is 0.339 e. The van der Waals surface area contributed by atoms with Crippen molar-refractivity contribution in [3.05, 3.63) is 64.0 Å². The molecule has 3 aromatic rings. The molecular formula is C22H25ClN2O5. The van der Waals surface area contributed by atoms with Crippen LogP contribution in [0.1, 0.15) is 17.5 Å². The summed E-state index contributed by atoms with van der Waals surface area (Å²) in [5, 5.41) is 3.65. The van der Waals surface area contributed by atoms with Crippen LogP contribution in [0.25, 0.3) is 11.0 Å². The Hall–Kier alpha value is -3.03. The second-order valence-electron chi connectivity index (χ2n) is 6.56. The van der Waals surface area contributed by atoms with E-state index in [2.05, 4.69) is 5.32 Å². The van der Waals surface area contributed by atoms with Crippen LogP contribution in [0, 0.1) is 6.92 Å². The number of nitrogens with two attached hydrogens (primary N) is 1. The summed E-state index contributed by atoms with van der Waals surface area (Å²) in [5.74, 6) is 1.12. The molecule has 1 heterocycles. The van der Waals surface area contributed by atoms with Gasteiger partial charge in [-0.25, -0.2) is 4.79 Å². The minimum Gasteiger partial charge on any atom is -0.497 e. The van der Waals surface area contributed by atoms with E-state index in [-0.39, 0.29) is 24.7 Å². The van der Waals surface area contributed by atoms with Crippen molar-refractivity contribution in [2.75, 3.05) is 25.6 Å². The van der Waals surface area contributed by atoms with Crippen LogP contribution in [-0.4, -0.2) is 26.2 Å². The van der Waals surface area contributed by atoms with Crippen molar-refractivity contribution >= 4 is 35.0 Å². The van der Waals surface area contributed by atoms with Gasteiger partial charge >= 0.3 is 5.63 Å². The van der Waals surface area contributed by atoms with Crippen LogP contribution in [-0.2, 0) is 11.2 Å². The molecule has 3 rings (SSSR count). The number of hydrogen-bond acceptors (Lipinski definition) is 6. The Morgan fingerprint density at radius 3 is 2.50 bits per heavy atom. The van der Waals surface area contributed by atoms with Crippen molar-refractivity contribution in [1.82, 2.24) is 0 Å². The van der Waals surface area contributed by atoms with E-state index in [9.17, 15) is 9.59 Å². The van der Waals surface area contributed by atoms with Crippen LogP contribution in [0.4, 0.5) is 5.69 Å². The Morgan fingerprint density at radius 2 is 1.83 bits per heavy atom. The molecule has 2 aromatic carbocycles. The summed E-state index contributed by atoms with van der Waals surface area (Å²) in [4.78, 5) is 24.7. The zero-order valence-electron chi connectivity index (χ0n) is 16.9. The van der Waals surface area contributed by atoms with Gasteiger partial charge in [0.25, 0.3) is 0 Å². The lowest BCUT2D eigenvalue weighted by Gasteiger charge is -2.10. The number of nitrogens with one attached hydrogen (secondary N) is 1. The molecule has 0 spiro atoms. The first-order valence-electron chi connectivity index (χ1n) is 9.35. The lowest BCUT2D eigenvalue weighted by atomic mass is 10.0. The van der Waals surface area contributed by atoms with Crippen molar-refractivity contribution in [3.63, 3.8) is 0 Å². The highest BCUT2D eigenvalue weighted by Crippen LogP contribution is 2.24. The Kier molecular flexibility index (Phi) is 8.26. The van der Waals surface area contributed by atoms with E-state index in [4.69, 9.17) is 19.6 Å². The average molecular weight is 433 g/mol. The first kappa shape index (κ1) is 23.3. The predicted molar refractivity (Wildman–Crippen MR) is 119 cm³/mol. The zero-order valence-corrected chi connectivity index (χ0v) is 17.7. The number of ether oxygens (including phenoxy) is 2. The van der Waals surface area contributed by atoms with Gasteiger partial charge in [-0.1, -0.05) is 0 Å². The molecule has 0 unspecified atom stereocenters. The number of aryl methyl sites for hydroxylation is 1. The molecule has 0 fully saturated rings. The first-order chi connectivity index (χ1) is 14.0. The van der Waals surface area contributed by atoms with Crippen LogP contribution in [0.3, 0.4) is 0 Å². The van der Waals surface area contributed by atoms with Gasteiger partial charge in [0.1, 0.15) is 23.7 Å². The molecular weight excluding hydrogens is 408 g/mol. The highest BCUT2D eigenvalue weighted by atomic mass is 35.5. The minimum atomic E-state index is -0.433. The van der Waals surface area contributed by atoms with E-state index in [0.717, 1.165) is 10.9 Å². The Labute approximate surface area is 180 Å². The molecule has 0 aliphatic carbocycles. The van der Waals surface area contributed by atoms with Crippen LogP contribution < -0.4 is 26.1 Å². The molecule has 1 aromatic heterocycles. The molecule has 1 amide bonds. The quantitative estimate of drug-likeness (QED) is 0.528. The van der Waals surface area contributed by atoms with Crippen LogP contribution >= 0.6 is 12.4 Å². The molecule has 0 atom stereocenters. The van der Waals surface area contributed by atoms with Crippen LogP contribution in [0.15, 0.2) is 51.7 Å². The zero-order chi connectivity index (χ0) is 20.8. The Balaban J connectivity index is 0.00000320. The maximum absolute atomic E-state index is 12.4. The van der Waals surface area contributed by atoms with Gasteiger partial charge in [0.2, 0.25) is 5.91 Å². The lowest BCUT2D eigenvalue weighted by molar-refractivity contribution is -0.116.